The van der Waals surface area contributed by atoms with Gasteiger partial charge < -0.3 is 25.3 Å². The van der Waals surface area contributed by atoms with Gasteiger partial charge in [-0.3, -0.25) is 0 Å². The molecule has 0 bridgehead atoms. The van der Waals surface area contributed by atoms with Crippen molar-refractivity contribution in [2.24, 2.45) is 0 Å². The van der Waals surface area contributed by atoms with Crippen LogP contribution in [0.5, 0.6) is 5.75 Å². The summed E-state index contributed by atoms with van der Waals surface area (Å²) in [5.41, 5.74) is 9.12. The third kappa shape index (κ3) is 6.76. The highest BCUT2D eigenvalue weighted by molar-refractivity contribution is 7.98. The zero-order chi connectivity index (χ0) is 29.0. The largest absolute Gasteiger partial charge is 0.491 e. The summed E-state index contributed by atoms with van der Waals surface area (Å²) < 4.78 is 30.4. The number of thioether (sulfide) groups is 1. The number of nitriles is 2. The van der Waals surface area contributed by atoms with Gasteiger partial charge in [0.15, 0.2) is 10.9 Å². The molecule has 1 atom stereocenters. The fourth-order valence-electron chi connectivity index (χ4n) is 4.17. The summed E-state index contributed by atoms with van der Waals surface area (Å²) in [6.07, 6.45) is -0.174. The van der Waals surface area contributed by atoms with E-state index < -0.39 is 5.79 Å². The molecule has 0 radical (unpaired) electrons. The molecule has 0 aliphatic carbocycles. The number of hydrogen-bond acceptors (Lipinski definition) is 11. The first-order valence-electron chi connectivity index (χ1n) is 12.5. The van der Waals surface area contributed by atoms with Crippen molar-refractivity contribution in [1.82, 2.24) is 9.97 Å². The second-order valence-corrected chi connectivity index (χ2v) is 11.3. The van der Waals surface area contributed by atoms with Crippen molar-refractivity contribution in [2.45, 2.75) is 36.5 Å². The minimum absolute atomic E-state index is 0.0438. The maximum Gasteiger partial charge on any atom is 0.187 e. The minimum Gasteiger partial charge on any atom is -0.491 e. The van der Waals surface area contributed by atoms with Gasteiger partial charge >= 0.3 is 0 Å². The van der Waals surface area contributed by atoms with E-state index in [0.717, 1.165) is 11.4 Å². The number of pyridine rings is 1. The van der Waals surface area contributed by atoms with Crippen LogP contribution in [0.1, 0.15) is 30.7 Å². The van der Waals surface area contributed by atoms with Gasteiger partial charge in [0.2, 0.25) is 0 Å². The summed E-state index contributed by atoms with van der Waals surface area (Å²) in [5, 5.41) is 26.0. The molecule has 1 saturated heterocycles. The zero-order valence-electron chi connectivity index (χ0n) is 22.2. The second-order valence-electron chi connectivity index (χ2n) is 9.50. The van der Waals surface area contributed by atoms with Crippen LogP contribution in [0.25, 0.3) is 11.1 Å². The molecule has 2 aromatic carbocycles. The molecule has 9 nitrogen and oxygen atoms in total. The lowest BCUT2D eigenvalue weighted by Gasteiger charge is -2.17. The highest BCUT2D eigenvalue weighted by Gasteiger charge is 2.33. The SMILES string of the molecule is CC1(C)OC[C@@H](COc2ccc(-c3c(C#N)c(N)nc(SCc4csc(Nc5ccc(F)cc5)n4)c3C#N)cc2)O1. The van der Waals surface area contributed by atoms with Crippen molar-refractivity contribution in [3.63, 3.8) is 0 Å². The van der Waals surface area contributed by atoms with Gasteiger partial charge in [0, 0.05) is 22.4 Å². The number of aromatic nitrogens is 2. The van der Waals surface area contributed by atoms with Crippen LogP contribution in [0.15, 0.2) is 58.9 Å². The highest BCUT2D eigenvalue weighted by Crippen LogP contribution is 2.37. The van der Waals surface area contributed by atoms with E-state index in [4.69, 9.17) is 19.9 Å². The molecular formula is C29H25FN6O3S2. The van der Waals surface area contributed by atoms with Crippen molar-refractivity contribution in [2.75, 3.05) is 24.3 Å². The van der Waals surface area contributed by atoms with Gasteiger partial charge in [-0.1, -0.05) is 23.9 Å². The Bertz CT molecular complexity index is 1630. The number of nitrogens with two attached hydrogens (primary N) is 1. The Hall–Kier alpha value is -4.20. The molecule has 41 heavy (non-hydrogen) atoms. The van der Waals surface area contributed by atoms with Crippen LogP contribution < -0.4 is 15.8 Å². The van der Waals surface area contributed by atoms with Crippen LogP contribution in [-0.2, 0) is 15.2 Å². The minimum atomic E-state index is -0.626. The van der Waals surface area contributed by atoms with Crippen molar-refractivity contribution >= 4 is 39.7 Å². The van der Waals surface area contributed by atoms with Crippen LogP contribution in [0.3, 0.4) is 0 Å². The molecule has 3 N–H and O–H groups in total. The molecule has 0 spiro atoms. The zero-order valence-corrected chi connectivity index (χ0v) is 23.8. The Labute approximate surface area is 244 Å². The van der Waals surface area contributed by atoms with Gasteiger partial charge in [0.1, 0.15) is 52.8 Å². The maximum atomic E-state index is 13.2. The number of nitrogens with zero attached hydrogens (tertiary/aromatic N) is 4. The van der Waals surface area contributed by atoms with Crippen LogP contribution >= 0.6 is 23.1 Å². The topological polar surface area (TPSA) is 139 Å². The van der Waals surface area contributed by atoms with Crippen molar-refractivity contribution < 1.29 is 18.6 Å². The summed E-state index contributed by atoms with van der Waals surface area (Å²) in [4.78, 5) is 8.94. The fraction of sp³-hybridized carbons (Fsp3) is 0.241. The predicted octanol–water partition coefficient (Wildman–Crippen LogP) is 6.24. The molecule has 0 unspecified atom stereocenters. The van der Waals surface area contributed by atoms with E-state index in [-0.39, 0.29) is 28.9 Å². The summed E-state index contributed by atoms with van der Waals surface area (Å²) in [7, 11) is 0. The summed E-state index contributed by atoms with van der Waals surface area (Å²) in [5.74, 6) is 0.141. The summed E-state index contributed by atoms with van der Waals surface area (Å²) in [6.45, 7) is 4.49. The first kappa shape index (κ1) is 28.3. The van der Waals surface area contributed by atoms with Gasteiger partial charge in [0.25, 0.3) is 0 Å². The fourth-order valence-corrected chi connectivity index (χ4v) is 5.90. The average molecular weight is 589 g/mol. The van der Waals surface area contributed by atoms with Crippen LogP contribution in [0, 0.1) is 28.5 Å². The van der Waals surface area contributed by atoms with Gasteiger partial charge in [-0.2, -0.15) is 10.5 Å². The molecule has 3 heterocycles. The molecule has 1 aliphatic heterocycles. The Kier molecular flexibility index (Phi) is 8.38. The molecule has 4 aromatic rings. The number of ether oxygens (including phenoxy) is 3. The van der Waals surface area contributed by atoms with E-state index in [1.807, 2.05) is 19.2 Å². The van der Waals surface area contributed by atoms with Gasteiger partial charge in [-0.05, 0) is 55.8 Å². The van der Waals surface area contributed by atoms with Gasteiger partial charge in [-0.15, -0.1) is 11.3 Å². The van der Waals surface area contributed by atoms with Crippen LogP contribution in [-0.4, -0.2) is 35.1 Å². The highest BCUT2D eigenvalue weighted by atomic mass is 32.2. The van der Waals surface area contributed by atoms with E-state index in [9.17, 15) is 14.9 Å². The maximum absolute atomic E-state index is 13.2. The van der Waals surface area contributed by atoms with Crippen molar-refractivity contribution in [3.05, 3.63) is 76.5 Å². The lowest BCUT2D eigenvalue weighted by Crippen LogP contribution is -2.25. The van der Waals surface area contributed by atoms with Crippen LogP contribution in [0.4, 0.5) is 21.0 Å². The molecule has 2 aromatic heterocycles. The summed E-state index contributed by atoms with van der Waals surface area (Å²) >= 11 is 2.71. The standard InChI is InChI=1S/C29H25FN6O3S2/c1-29(2)38-14-22(39-29)13-37-21-9-3-17(4-10-21)25-23(11-31)26(33)36-27(24(25)12-32)40-15-20-16-41-28(35-20)34-19-7-5-18(30)6-8-19/h3-10,16,22H,13-15H2,1-2H3,(H2,33,36)(H,34,35)/t22-/m1/s1. The van der Waals surface area contributed by atoms with E-state index in [1.54, 1.807) is 36.4 Å². The first-order valence-corrected chi connectivity index (χ1v) is 14.4. The van der Waals surface area contributed by atoms with E-state index in [1.165, 1.54) is 35.2 Å². The van der Waals surface area contributed by atoms with Gasteiger partial charge in [-0.25, -0.2) is 14.4 Å². The molecule has 0 amide bonds. The number of nitrogen functional groups attached to an aromatic ring is 1. The Morgan fingerprint density at radius 2 is 1.85 bits per heavy atom. The van der Waals surface area contributed by atoms with Crippen LogP contribution in [0.2, 0.25) is 0 Å². The summed E-state index contributed by atoms with van der Waals surface area (Å²) in [6, 6.07) is 17.4. The van der Waals surface area contributed by atoms with Crippen molar-refractivity contribution in [3.8, 4) is 29.0 Å². The number of halogens is 1. The third-order valence-electron chi connectivity index (χ3n) is 6.07. The lowest BCUT2D eigenvalue weighted by atomic mass is 9.97. The number of thiazole rings is 1. The Morgan fingerprint density at radius 3 is 2.51 bits per heavy atom. The number of anilines is 3. The smallest absolute Gasteiger partial charge is 0.187 e. The lowest BCUT2D eigenvalue weighted by molar-refractivity contribution is -0.141. The van der Waals surface area contributed by atoms with E-state index in [0.29, 0.717) is 46.0 Å². The Morgan fingerprint density at radius 1 is 1.12 bits per heavy atom. The molecule has 1 fully saturated rings. The van der Waals surface area contributed by atoms with Gasteiger partial charge in [0.05, 0.1) is 17.9 Å². The third-order valence-corrected chi connectivity index (χ3v) is 7.88. The molecule has 0 saturated carbocycles. The predicted molar refractivity (Wildman–Crippen MR) is 155 cm³/mol. The molecule has 208 valence electrons. The molecular weight excluding hydrogens is 563 g/mol. The quantitative estimate of drug-likeness (QED) is 0.216. The number of rotatable bonds is 9. The molecule has 12 heteroatoms. The number of hydrogen-bond donors (Lipinski definition) is 2. The number of nitrogens with one attached hydrogen (secondary N) is 1. The number of benzene rings is 2. The normalized spacial score (nSPS) is 15.7. The second kappa shape index (κ2) is 12.1. The van der Waals surface area contributed by atoms with E-state index in [2.05, 4.69) is 27.4 Å². The monoisotopic (exact) mass is 588 g/mol. The first-order chi connectivity index (χ1) is 19.7. The Balaban J connectivity index is 1.32. The van der Waals surface area contributed by atoms with E-state index >= 15 is 0 Å². The molecule has 1 aliphatic rings. The molecule has 5 rings (SSSR count). The van der Waals surface area contributed by atoms with Crippen molar-refractivity contribution in [1.29, 1.82) is 10.5 Å². The average Bonchev–Trinajstić information content (AvgIpc) is 3.56.